The number of rotatable bonds is 6. The molecule has 128 valence electrons. The monoisotopic (exact) mass is 389 g/mol. The zero-order chi connectivity index (χ0) is 17.5. The van der Waals surface area contributed by atoms with Crippen LogP contribution in [0.25, 0.3) is 0 Å². The molecule has 2 aromatic rings. The number of hydrogen-bond donors (Lipinski definition) is 0. The summed E-state index contributed by atoms with van der Waals surface area (Å²) in [6.07, 6.45) is 3.15. The van der Waals surface area contributed by atoms with Crippen molar-refractivity contribution in [3.05, 3.63) is 40.2 Å². The Hall–Kier alpha value is -1.57. The molecule has 0 amide bonds. The number of ether oxygens (including phenoxy) is 1. The van der Waals surface area contributed by atoms with Crippen LogP contribution >= 0.6 is 23.2 Å². The molecule has 1 heterocycles. The number of aromatic nitrogens is 1. The first kappa shape index (κ1) is 17.3. The molecule has 0 N–H and O–H groups in total. The standard InChI is InChI=1S/C15H13Cl2NO5S/c1-22-14-9(4-5-11(17)15(14)24(20,21)7-16)13(19)10-6-23-18-12(10)8-2-3-8/h4-6,8H,2-3,7H2,1H3. The van der Waals surface area contributed by atoms with E-state index in [1.54, 1.807) is 0 Å². The summed E-state index contributed by atoms with van der Waals surface area (Å²) in [6.45, 7) is 0. The number of hydrogen-bond acceptors (Lipinski definition) is 6. The van der Waals surface area contributed by atoms with E-state index in [9.17, 15) is 13.2 Å². The first-order valence-corrected chi connectivity index (χ1v) is 9.61. The molecule has 24 heavy (non-hydrogen) atoms. The topological polar surface area (TPSA) is 86.5 Å². The second-order valence-electron chi connectivity index (χ2n) is 5.40. The first-order valence-electron chi connectivity index (χ1n) is 7.05. The molecule has 6 nitrogen and oxygen atoms in total. The average Bonchev–Trinajstić information content (AvgIpc) is 3.30. The second kappa shape index (κ2) is 6.38. The van der Waals surface area contributed by atoms with Gasteiger partial charge in [-0.05, 0) is 25.0 Å². The lowest BCUT2D eigenvalue weighted by Crippen LogP contribution is -2.11. The Balaban J connectivity index is 2.16. The third-order valence-corrected chi connectivity index (χ3v) is 6.38. The van der Waals surface area contributed by atoms with E-state index in [-0.39, 0.29) is 27.1 Å². The van der Waals surface area contributed by atoms with Gasteiger partial charge in [-0.25, -0.2) is 8.42 Å². The summed E-state index contributed by atoms with van der Waals surface area (Å²) in [5, 5.41) is 3.15. The minimum absolute atomic E-state index is 0.0585. The number of carbonyl (C=O) groups excluding carboxylic acids is 1. The fourth-order valence-corrected chi connectivity index (χ4v) is 4.25. The number of benzene rings is 1. The van der Waals surface area contributed by atoms with Crippen molar-refractivity contribution in [2.24, 2.45) is 0 Å². The van der Waals surface area contributed by atoms with Gasteiger partial charge >= 0.3 is 0 Å². The van der Waals surface area contributed by atoms with E-state index in [1.165, 1.54) is 25.5 Å². The van der Waals surface area contributed by atoms with Gasteiger partial charge in [0.05, 0.1) is 29.0 Å². The highest BCUT2D eigenvalue weighted by Crippen LogP contribution is 2.42. The Kier molecular flexibility index (Phi) is 4.59. The molecule has 3 rings (SSSR count). The van der Waals surface area contributed by atoms with Gasteiger partial charge in [-0.2, -0.15) is 0 Å². The lowest BCUT2D eigenvalue weighted by Gasteiger charge is -2.13. The van der Waals surface area contributed by atoms with E-state index in [4.69, 9.17) is 32.5 Å². The molecule has 1 aliphatic carbocycles. The van der Waals surface area contributed by atoms with Crippen molar-refractivity contribution in [1.29, 1.82) is 0 Å². The molecular formula is C15H13Cl2NO5S. The quantitative estimate of drug-likeness (QED) is 0.555. The number of methoxy groups -OCH3 is 1. The van der Waals surface area contributed by atoms with E-state index in [0.29, 0.717) is 11.3 Å². The van der Waals surface area contributed by atoms with E-state index >= 15 is 0 Å². The molecule has 1 fully saturated rings. The van der Waals surface area contributed by atoms with Gasteiger partial charge in [0.1, 0.15) is 22.1 Å². The summed E-state index contributed by atoms with van der Waals surface area (Å²) in [6, 6.07) is 2.75. The van der Waals surface area contributed by atoms with Crippen LogP contribution in [0.4, 0.5) is 0 Å². The average molecular weight is 390 g/mol. The van der Waals surface area contributed by atoms with Crippen molar-refractivity contribution in [2.45, 2.75) is 23.7 Å². The molecule has 0 spiro atoms. The van der Waals surface area contributed by atoms with Gasteiger partial charge in [-0.3, -0.25) is 4.79 Å². The molecule has 0 radical (unpaired) electrons. The highest BCUT2D eigenvalue weighted by molar-refractivity contribution is 7.92. The van der Waals surface area contributed by atoms with Gasteiger partial charge in [0.15, 0.2) is 9.84 Å². The summed E-state index contributed by atoms with van der Waals surface area (Å²) in [5.74, 6) is -0.360. The third-order valence-electron chi connectivity index (χ3n) is 3.77. The fourth-order valence-electron chi connectivity index (χ4n) is 2.48. The number of nitrogens with zero attached hydrogens (tertiary/aromatic N) is 1. The predicted octanol–water partition coefficient (Wildman–Crippen LogP) is 3.42. The predicted molar refractivity (Wildman–Crippen MR) is 87.8 cm³/mol. The van der Waals surface area contributed by atoms with E-state index in [1.807, 2.05) is 0 Å². The molecule has 1 aromatic carbocycles. The third kappa shape index (κ3) is 2.92. The molecule has 1 aromatic heterocycles. The number of ketones is 1. The van der Waals surface area contributed by atoms with Crippen LogP contribution in [0.3, 0.4) is 0 Å². The summed E-state index contributed by atoms with van der Waals surface area (Å²) in [7, 11) is -2.62. The highest BCUT2D eigenvalue weighted by atomic mass is 35.5. The van der Waals surface area contributed by atoms with Crippen molar-refractivity contribution in [1.82, 2.24) is 5.16 Å². The lowest BCUT2D eigenvalue weighted by atomic mass is 10.0. The zero-order valence-corrected chi connectivity index (χ0v) is 14.9. The largest absolute Gasteiger partial charge is 0.495 e. The Morgan fingerprint density at radius 3 is 2.67 bits per heavy atom. The smallest absolute Gasteiger partial charge is 0.201 e. The maximum atomic E-state index is 12.9. The van der Waals surface area contributed by atoms with Crippen LogP contribution in [0.2, 0.25) is 5.02 Å². The molecule has 0 atom stereocenters. The maximum Gasteiger partial charge on any atom is 0.201 e. The van der Waals surface area contributed by atoms with Gasteiger partial charge in [0.25, 0.3) is 0 Å². The molecule has 1 aliphatic rings. The van der Waals surface area contributed by atoms with E-state index < -0.39 is 20.8 Å². The fraction of sp³-hybridized carbons (Fsp3) is 0.333. The van der Waals surface area contributed by atoms with Gasteiger partial charge in [-0.1, -0.05) is 16.8 Å². The first-order chi connectivity index (χ1) is 11.4. The lowest BCUT2D eigenvalue weighted by molar-refractivity contribution is 0.103. The van der Waals surface area contributed by atoms with Crippen LogP contribution in [0.5, 0.6) is 5.75 Å². The van der Waals surface area contributed by atoms with Crippen molar-refractivity contribution >= 4 is 38.8 Å². The van der Waals surface area contributed by atoms with Crippen LogP contribution in [0, 0.1) is 0 Å². The Labute approximate surface area is 148 Å². The van der Waals surface area contributed by atoms with Crippen LogP contribution in [0.15, 0.2) is 27.8 Å². The SMILES string of the molecule is COc1c(C(=O)c2conc2C2CC2)ccc(Cl)c1S(=O)(=O)CCl. The zero-order valence-electron chi connectivity index (χ0n) is 12.6. The second-order valence-corrected chi connectivity index (χ2v) is 8.32. The molecule has 0 bridgehead atoms. The Bertz CT molecular complexity index is 903. The summed E-state index contributed by atoms with van der Waals surface area (Å²) in [4.78, 5) is 12.6. The Morgan fingerprint density at radius 1 is 1.38 bits per heavy atom. The van der Waals surface area contributed by atoms with Gasteiger partial charge in [0, 0.05) is 5.92 Å². The van der Waals surface area contributed by atoms with Crippen LogP contribution in [0.1, 0.15) is 40.4 Å². The number of alkyl halides is 1. The summed E-state index contributed by atoms with van der Waals surface area (Å²) >= 11 is 11.5. The number of sulfone groups is 1. The molecule has 1 saturated carbocycles. The van der Waals surface area contributed by atoms with Crippen LogP contribution in [-0.2, 0) is 9.84 Å². The highest BCUT2D eigenvalue weighted by Gasteiger charge is 2.34. The molecule has 9 heteroatoms. The van der Waals surface area contributed by atoms with E-state index in [2.05, 4.69) is 5.16 Å². The summed E-state index contributed by atoms with van der Waals surface area (Å²) in [5.41, 5.74) is 0.946. The van der Waals surface area contributed by atoms with Crippen molar-refractivity contribution in [3.8, 4) is 5.75 Å². The van der Waals surface area contributed by atoms with Crippen LogP contribution in [-0.4, -0.2) is 31.7 Å². The van der Waals surface area contributed by atoms with Gasteiger partial charge in [-0.15, -0.1) is 11.6 Å². The van der Waals surface area contributed by atoms with E-state index in [0.717, 1.165) is 12.8 Å². The molecule has 0 aliphatic heterocycles. The minimum atomic E-state index is -3.89. The van der Waals surface area contributed by atoms with Gasteiger partial charge < -0.3 is 9.26 Å². The minimum Gasteiger partial charge on any atom is -0.495 e. The Morgan fingerprint density at radius 2 is 2.08 bits per heavy atom. The number of halogens is 2. The normalized spacial score (nSPS) is 14.6. The van der Waals surface area contributed by atoms with Crippen molar-refractivity contribution in [3.63, 3.8) is 0 Å². The van der Waals surface area contributed by atoms with Crippen molar-refractivity contribution in [2.75, 3.05) is 12.3 Å². The summed E-state index contributed by atoms with van der Waals surface area (Å²) < 4.78 is 34.5. The number of carbonyl (C=O) groups is 1. The van der Waals surface area contributed by atoms with Crippen LogP contribution < -0.4 is 4.74 Å². The molecular weight excluding hydrogens is 377 g/mol. The molecule has 0 unspecified atom stereocenters. The maximum absolute atomic E-state index is 12.9. The van der Waals surface area contributed by atoms with Crippen molar-refractivity contribution < 1.29 is 22.5 Å². The molecule has 0 saturated heterocycles. The van der Waals surface area contributed by atoms with Gasteiger partial charge in [0.2, 0.25) is 5.78 Å².